The van der Waals surface area contributed by atoms with Gasteiger partial charge in [-0.15, -0.1) is 0 Å². The molecular weight excluding hydrogens is 272 g/mol. The van der Waals surface area contributed by atoms with Crippen molar-refractivity contribution in [2.45, 2.75) is 26.1 Å². The lowest BCUT2D eigenvalue weighted by Gasteiger charge is -2.09. The zero-order chi connectivity index (χ0) is 15.7. The quantitative estimate of drug-likeness (QED) is 0.374. The molecule has 112 valence electrons. The number of carbonyl (C=O) groups is 4. The molecule has 0 saturated heterocycles. The van der Waals surface area contributed by atoms with E-state index in [4.69, 9.17) is 0 Å². The topological polar surface area (TPSA) is 105 Å². The first-order chi connectivity index (χ1) is 9.31. The maximum Gasteiger partial charge on any atom is 0.346 e. The van der Waals surface area contributed by atoms with Crippen LogP contribution in [0.4, 0.5) is 0 Å². The second-order valence-electron chi connectivity index (χ2n) is 3.54. The Kier molecular flexibility index (Phi) is 7.64. The number of methoxy groups -OCH3 is 2. The van der Waals surface area contributed by atoms with Gasteiger partial charge in [0.2, 0.25) is 0 Å². The molecule has 2 unspecified atom stereocenters. The van der Waals surface area contributed by atoms with E-state index in [0.29, 0.717) is 0 Å². The average Bonchev–Trinajstić information content (AvgIpc) is 2.42. The number of hydrogen-bond donors (Lipinski definition) is 0. The molecule has 0 amide bonds. The van der Waals surface area contributed by atoms with Gasteiger partial charge in [0.1, 0.15) is 0 Å². The standard InChI is InChI=1S/C12H16O8/c1-7(11(15)17-3)19-9(13)5-6-10(14)20-8(2)12(16)18-4/h5-8H,1-4H3/b6-5+. The summed E-state index contributed by atoms with van der Waals surface area (Å²) in [5.41, 5.74) is 0. The van der Waals surface area contributed by atoms with Crippen molar-refractivity contribution in [3.8, 4) is 0 Å². The van der Waals surface area contributed by atoms with Crippen molar-refractivity contribution < 1.29 is 38.1 Å². The monoisotopic (exact) mass is 288 g/mol. The lowest BCUT2D eigenvalue weighted by atomic mass is 10.4. The minimum absolute atomic E-state index is 0.728. The van der Waals surface area contributed by atoms with Gasteiger partial charge in [-0.3, -0.25) is 0 Å². The van der Waals surface area contributed by atoms with Crippen molar-refractivity contribution in [2.24, 2.45) is 0 Å². The zero-order valence-electron chi connectivity index (χ0n) is 11.6. The van der Waals surface area contributed by atoms with Gasteiger partial charge in [0.15, 0.2) is 12.2 Å². The fourth-order valence-corrected chi connectivity index (χ4v) is 0.991. The molecule has 0 bridgehead atoms. The summed E-state index contributed by atoms with van der Waals surface area (Å²) < 4.78 is 17.9. The van der Waals surface area contributed by atoms with E-state index in [1.54, 1.807) is 0 Å². The summed E-state index contributed by atoms with van der Waals surface area (Å²) in [4.78, 5) is 44.4. The second-order valence-corrected chi connectivity index (χ2v) is 3.54. The van der Waals surface area contributed by atoms with Gasteiger partial charge in [-0.05, 0) is 13.8 Å². The van der Waals surface area contributed by atoms with Crippen LogP contribution in [0.3, 0.4) is 0 Å². The highest BCUT2D eigenvalue weighted by molar-refractivity contribution is 5.93. The van der Waals surface area contributed by atoms with Crippen LogP contribution in [0.25, 0.3) is 0 Å². The molecule has 0 saturated carbocycles. The number of ether oxygens (including phenoxy) is 4. The zero-order valence-corrected chi connectivity index (χ0v) is 11.6. The predicted octanol–water partition coefficient (Wildman–Crippen LogP) is -0.248. The van der Waals surface area contributed by atoms with Crippen LogP contribution in [-0.4, -0.2) is 50.3 Å². The van der Waals surface area contributed by atoms with Crippen molar-refractivity contribution in [1.82, 2.24) is 0 Å². The van der Waals surface area contributed by atoms with Gasteiger partial charge in [-0.2, -0.15) is 0 Å². The number of esters is 4. The van der Waals surface area contributed by atoms with Gasteiger partial charge in [0.25, 0.3) is 0 Å². The second kappa shape index (κ2) is 8.68. The van der Waals surface area contributed by atoms with E-state index in [2.05, 4.69) is 18.9 Å². The van der Waals surface area contributed by atoms with Gasteiger partial charge in [0.05, 0.1) is 14.2 Å². The fraction of sp³-hybridized carbons (Fsp3) is 0.500. The van der Waals surface area contributed by atoms with Crippen molar-refractivity contribution in [1.29, 1.82) is 0 Å². The van der Waals surface area contributed by atoms with Crippen molar-refractivity contribution >= 4 is 23.9 Å². The smallest absolute Gasteiger partial charge is 0.346 e. The first kappa shape index (κ1) is 17.6. The largest absolute Gasteiger partial charge is 0.466 e. The van der Waals surface area contributed by atoms with Crippen LogP contribution in [0.1, 0.15) is 13.8 Å². The average molecular weight is 288 g/mol. The maximum atomic E-state index is 11.2. The molecule has 0 aromatic carbocycles. The summed E-state index contributed by atoms with van der Waals surface area (Å²) >= 11 is 0. The highest BCUT2D eigenvalue weighted by Gasteiger charge is 2.18. The Bertz CT molecular complexity index is 374. The fourth-order valence-electron chi connectivity index (χ4n) is 0.991. The molecule has 0 fully saturated rings. The van der Waals surface area contributed by atoms with Crippen LogP contribution in [0.5, 0.6) is 0 Å². The van der Waals surface area contributed by atoms with Gasteiger partial charge in [0, 0.05) is 12.2 Å². The van der Waals surface area contributed by atoms with Crippen molar-refractivity contribution in [2.75, 3.05) is 14.2 Å². The Hall–Kier alpha value is -2.38. The van der Waals surface area contributed by atoms with E-state index in [9.17, 15) is 19.2 Å². The highest BCUT2D eigenvalue weighted by atomic mass is 16.6. The normalized spacial score (nSPS) is 13.2. The summed E-state index contributed by atoms with van der Waals surface area (Å²) in [7, 11) is 2.29. The molecule has 0 aliphatic heterocycles. The maximum absolute atomic E-state index is 11.2. The third kappa shape index (κ3) is 6.53. The Balaban J connectivity index is 4.28. The molecule has 0 aliphatic rings. The number of hydrogen-bond acceptors (Lipinski definition) is 8. The summed E-state index contributed by atoms with van der Waals surface area (Å²) in [5.74, 6) is -3.31. The first-order valence-corrected chi connectivity index (χ1v) is 5.56. The SMILES string of the molecule is COC(=O)C(C)OC(=O)/C=C/C(=O)OC(C)C(=O)OC. The summed E-state index contributed by atoms with van der Waals surface area (Å²) in [6.07, 6.45) is -0.651. The van der Waals surface area contributed by atoms with Crippen molar-refractivity contribution in [3.63, 3.8) is 0 Å². The van der Waals surface area contributed by atoms with Gasteiger partial charge in [-0.25, -0.2) is 19.2 Å². The lowest BCUT2D eigenvalue weighted by molar-refractivity contribution is -0.162. The molecule has 0 aliphatic carbocycles. The van der Waals surface area contributed by atoms with Crippen LogP contribution < -0.4 is 0 Å². The van der Waals surface area contributed by atoms with E-state index >= 15 is 0 Å². The molecule has 2 atom stereocenters. The van der Waals surface area contributed by atoms with Crippen molar-refractivity contribution in [3.05, 3.63) is 12.2 Å². The molecule has 0 aromatic heterocycles. The molecule has 0 aromatic rings. The molecule has 0 N–H and O–H groups in total. The summed E-state index contributed by atoms with van der Waals surface area (Å²) in [6.45, 7) is 2.63. The molecular formula is C12H16O8. The van der Waals surface area contributed by atoms with Crippen LogP contribution in [0, 0.1) is 0 Å². The van der Waals surface area contributed by atoms with Crippen LogP contribution >= 0.6 is 0 Å². The minimum Gasteiger partial charge on any atom is -0.466 e. The van der Waals surface area contributed by atoms with Gasteiger partial charge >= 0.3 is 23.9 Å². The Labute approximate surface area is 115 Å². The van der Waals surface area contributed by atoms with E-state index in [1.165, 1.54) is 13.8 Å². The van der Waals surface area contributed by atoms with Gasteiger partial charge in [-0.1, -0.05) is 0 Å². The van der Waals surface area contributed by atoms with Gasteiger partial charge < -0.3 is 18.9 Å². The molecule has 0 radical (unpaired) electrons. The predicted molar refractivity (Wildman–Crippen MR) is 64.3 cm³/mol. The highest BCUT2D eigenvalue weighted by Crippen LogP contribution is 1.98. The Morgan fingerprint density at radius 1 is 0.750 bits per heavy atom. The van der Waals surface area contributed by atoms with Crippen LogP contribution in [0.15, 0.2) is 12.2 Å². The third-order valence-corrected chi connectivity index (χ3v) is 2.01. The molecule has 8 heteroatoms. The summed E-state index contributed by atoms with van der Waals surface area (Å²) in [5, 5.41) is 0. The Morgan fingerprint density at radius 3 is 1.30 bits per heavy atom. The number of rotatable bonds is 6. The molecule has 20 heavy (non-hydrogen) atoms. The Morgan fingerprint density at radius 2 is 1.05 bits per heavy atom. The van der Waals surface area contributed by atoms with E-state index in [1.807, 2.05) is 0 Å². The van der Waals surface area contributed by atoms with E-state index in [0.717, 1.165) is 26.4 Å². The molecule has 0 rings (SSSR count). The summed E-state index contributed by atoms with van der Waals surface area (Å²) in [6, 6.07) is 0. The van der Waals surface area contributed by atoms with E-state index < -0.39 is 36.1 Å². The number of carbonyl (C=O) groups excluding carboxylic acids is 4. The molecule has 0 spiro atoms. The van der Waals surface area contributed by atoms with Crippen LogP contribution in [-0.2, 0) is 38.1 Å². The third-order valence-electron chi connectivity index (χ3n) is 2.01. The molecule has 8 nitrogen and oxygen atoms in total. The lowest BCUT2D eigenvalue weighted by Crippen LogP contribution is -2.25. The minimum atomic E-state index is -1.10. The first-order valence-electron chi connectivity index (χ1n) is 5.56. The molecule has 0 heterocycles. The van der Waals surface area contributed by atoms with E-state index in [-0.39, 0.29) is 0 Å². The van der Waals surface area contributed by atoms with Crippen LogP contribution in [0.2, 0.25) is 0 Å².